The van der Waals surface area contributed by atoms with Crippen LogP contribution in [0.5, 0.6) is 0 Å². The molecule has 0 radical (unpaired) electrons. The van der Waals surface area contributed by atoms with Crippen LogP contribution in [0.2, 0.25) is 0 Å². The van der Waals surface area contributed by atoms with Gasteiger partial charge in [-0.15, -0.1) is 0 Å². The van der Waals surface area contributed by atoms with E-state index in [4.69, 9.17) is 0 Å². The van der Waals surface area contributed by atoms with Crippen molar-refractivity contribution in [3.63, 3.8) is 0 Å². The lowest BCUT2D eigenvalue weighted by Gasteiger charge is -2.33. The molecule has 0 fully saturated rings. The molecule has 0 aliphatic heterocycles. The lowest BCUT2D eigenvalue weighted by atomic mass is 9.72. The molecule has 16 heavy (non-hydrogen) atoms. The van der Waals surface area contributed by atoms with Crippen LogP contribution >= 0.6 is 0 Å². The molecule has 0 nitrogen and oxygen atoms in total. The zero-order chi connectivity index (χ0) is 12.6. The molecular formula is C16H34. The molecule has 0 heterocycles. The summed E-state index contributed by atoms with van der Waals surface area (Å²) >= 11 is 0. The molecule has 0 aromatic rings. The molecule has 0 aliphatic rings. The van der Waals surface area contributed by atoms with E-state index in [1.807, 2.05) is 0 Å². The second-order valence-electron chi connectivity index (χ2n) is 6.45. The molecule has 2 atom stereocenters. The Morgan fingerprint density at radius 2 is 1.56 bits per heavy atom. The quantitative estimate of drug-likeness (QED) is 0.419. The zero-order valence-electron chi connectivity index (χ0n) is 12.6. The topological polar surface area (TPSA) is 0 Å². The molecule has 0 saturated heterocycles. The van der Waals surface area contributed by atoms with E-state index in [1.165, 1.54) is 44.9 Å². The lowest BCUT2D eigenvalue weighted by Crippen LogP contribution is -2.23. The maximum Gasteiger partial charge on any atom is -0.0328 e. The molecule has 0 amide bonds. The summed E-state index contributed by atoms with van der Waals surface area (Å²) in [5.41, 5.74) is 0.539. The number of rotatable bonds is 9. The first-order valence-electron chi connectivity index (χ1n) is 7.44. The van der Waals surface area contributed by atoms with E-state index in [2.05, 4.69) is 41.5 Å². The fourth-order valence-corrected chi connectivity index (χ4v) is 2.34. The van der Waals surface area contributed by atoms with Crippen LogP contribution in [0.3, 0.4) is 0 Å². The van der Waals surface area contributed by atoms with Gasteiger partial charge < -0.3 is 0 Å². The van der Waals surface area contributed by atoms with Crippen molar-refractivity contribution < 1.29 is 0 Å². The maximum absolute atomic E-state index is 2.46. The highest BCUT2D eigenvalue weighted by Gasteiger charge is 2.25. The van der Waals surface area contributed by atoms with Crippen LogP contribution in [0, 0.1) is 17.3 Å². The highest BCUT2D eigenvalue weighted by molar-refractivity contribution is 4.76. The Morgan fingerprint density at radius 3 is 2.06 bits per heavy atom. The number of unbranched alkanes of at least 4 members (excludes halogenated alkanes) is 3. The monoisotopic (exact) mass is 226 g/mol. The molecule has 98 valence electrons. The van der Waals surface area contributed by atoms with Gasteiger partial charge in [0, 0.05) is 0 Å². The largest absolute Gasteiger partial charge is 0.0654 e. The van der Waals surface area contributed by atoms with Crippen molar-refractivity contribution in [3.05, 3.63) is 0 Å². The van der Waals surface area contributed by atoms with Crippen molar-refractivity contribution in [2.24, 2.45) is 17.3 Å². The van der Waals surface area contributed by atoms with Crippen LogP contribution in [0.4, 0.5) is 0 Å². The third kappa shape index (κ3) is 6.55. The summed E-state index contributed by atoms with van der Waals surface area (Å²) in [6.45, 7) is 14.4. The lowest BCUT2D eigenvalue weighted by molar-refractivity contribution is 0.173. The van der Waals surface area contributed by atoms with E-state index >= 15 is 0 Å². The summed E-state index contributed by atoms with van der Waals surface area (Å²) in [5.74, 6) is 1.76. The summed E-state index contributed by atoms with van der Waals surface area (Å²) in [7, 11) is 0. The van der Waals surface area contributed by atoms with Gasteiger partial charge in [-0.2, -0.15) is 0 Å². The maximum atomic E-state index is 2.46. The molecular weight excluding hydrogens is 192 g/mol. The van der Waals surface area contributed by atoms with Gasteiger partial charge in [0.15, 0.2) is 0 Å². The predicted molar refractivity (Wildman–Crippen MR) is 75.8 cm³/mol. The molecule has 0 aromatic carbocycles. The van der Waals surface area contributed by atoms with E-state index in [0.717, 1.165) is 11.8 Å². The molecule has 0 heteroatoms. The van der Waals surface area contributed by atoms with Crippen molar-refractivity contribution >= 4 is 0 Å². The Kier molecular flexibility index (Phi) is 8.14. The van der Waals surface area contributed by atoms with E-state index < -0.39 is 0 Å². The van der Waals surface area contributed by atoms with Crippen molar-refractivity contribution in [2.75, 3.05) is 0 Å². The van der Waals surface area contributed by atoms with Gasteiger partial charge in [0.2, 0.25) is 0 Å². The van der Waals surface area contributed by atoms with Crippen LogP contribution in [0.1, 0.15) is 86.5 Å². The second kappa shape index (κ2) is 8.14. The van der Waals surface area contributed by atoms with Gasteiger partial charge >= 0.3 is 0 Å². The summed E-state index contributed by atoms with van der Waals surface area (Å²) in [5, 5.41) is 0. The van der Waals surface area contributed by atoms with Crippen molar-refractivity contribution in [1.29, 1.82) is 0 Å². The van der Waals surface area contributed by atoms with E-state index in [9.17, 15) is 0 Å². The van der Waals surface area contributed by atoms with Gasteiger partial charge in [0.05, 0.1) is 0 Å². The smallest absolute Gasteiger partial charge is 0.0328 e. The van der Waals surface area contributed by atoms with Gasteiger partial charge in [0.1, 0.15) is 0 Å². The summed E-state index contributed by atoms with van der Waals surface area (Å²) in [6.07, 6.45) is 9.75. The van der Waals surface area contributed by atoms with E-state index in [1.54, 1.807) is 0 Å². The fourth-order valence-electron chi connectivity index (χ4n) is 2.34. The SMILES string of the molecule is CCCCCCC(C)(C)[C@@H](C)C[C@@H](C)CC. The Bertz CT molecular complexity index is 157. The van der Waals surface area contributed by atoms with Crippen molar-refractivity contribution in [3.8, 4) is 0 Å². The summed E-state index contributed by atoms with van der Waals surface area (Å²) in [6, 6.07) is 0. The highest BCUT2D eigenvalue weighted by atomic mass is 14.3. The Hall–Kier alpha value is 0. The number of hydrogen-bond donors (Lipinski definition) is 0. The second-order valence-corrected chi connectivity index (χ2v) is 6.45. The van der Waals surface area contributed by atoms with Crippen molar-refractivity contribution in [1.82, 2.24) is 0 Å². The Balaban J connectivity index is 3.89. The van der Waals surface area contributed by atoms with Crippen LogP contribution in [-0.4, -0.2) is 0 Å². The average Bonchev–Trinajstić information content (AvgIpc) is 2.24. The molecule has 0 rings (SSSR count). The van der Waals surface area contributed by atoms with Gasteiger partial charge in [0.25, 0.3) is 0 Å². The van der Waals surface area contributed by atoms with Crippen LogP contribution in [0.25, 0.3) is 0 Å². The van der Waals surface area contributed by atoms with Crippen LogP contribution in [-0.2, 0) is 0 Å². The minimum atomic E-state index is 0.539. The van der Waals surface area contributed by atoms with E-state index in [0.29, 0.717) is 5.41 Å². The van der Waals surface area contributed by atoms with Crippen LogP contribution < -0.4 is 0 Å². The van der Waals surface area contributed by atoms with Crippen LogP contribution in [0.15, 0.2) is 0 Å². The Morgan fingerprint density at radius 1 is 0.938 bits per heavy atom. The summed E-state index contributed by atoms with van der Waals surface area (Å²) in [4.78, 5) is 0. The number of hydrogen-bond acceptors (Lipinski definition) is 0. The third-order valence-corrected chi connectivity index (χ3v) is 4.46. The normalized spacial score (nSPS) is 16.1. The summed E-state index contributed by atoms with van der Waals surface area (Å²) < 4.78 is 0. The van der Waals surface area contributed by atoms with E-state index in [-0.39, 0.29) is 0 Å². The Labute approximate surface area is 104 Å². The average molecular weight is 226 g/mol. The fraction of sp³-hybridized carbons (Fsp3) is 1.00. The van der Waals surface area contributed by atoms with Crippen molar-refractivity contribution in [2.45, 2.75) is 86.5 Å². The van der Waals surface area contributed by atoms with Gasteiger partial charge in [-0.3, -0.25) is 0 Å². The first kappa shape index (κ1) is 16.0. The molecule has 0 bridgehead atoms. The molecule has 0 N–H and O–H groups in total. The molecule has 0 saturated carbocycles. The van der Waals surface area contributed by atoms with Gasteiger partial charge in [-0.05, 0) is 30.1 Å². The van der Waals surface area contributed by atoms with Gasteiger partial charge in [-0.25, -0.2) is 0 Å². The first-order valence-corrected chi connectivity index (χ1v) is 7.44. The molecule has 0 aromatic heterocycles. The standard InChI is InChI=1S/C16H34/c1-7-9-10-11-12-16(5,6)15(4)13-14(3)8-2/h14-15H,7-13H2,1-6H3/t14-,15-/m0/s1. The van der Waals surface area contributed by atoms with Gasteiger partial charge in [-0.1, -0.05) is 73.6 Å². The molecule has 0 spiro atoms. The minimum Gasteiger partial charge on any atom is -0.0654 e. The molecule has 0 unspecified atom stereocenters. The predicted octanol–water partition coefficient (Wildman–Crippen LogP) is 6.06. The minimum absolute atomic E-state index is 0.539. The first-order chi connectivity index (χ1) is 7.44. The highest BCUT2D eigenvalue weighted by Crippen LogP contribution is 2.36. The zero-order valence-corrected chi connectivity index (χ0v) is 12.6. The molecule has 0 aliphatic carbocycles. The third-order valence-electron chi connectivity index (χ3n) is 4.46.